The van der Waals surface area contributed by atoms with Gasteiger partial charge in [-0.15, -0.1) is 29.6 Å². The van der Waals surface area contributed by atoms with Crippen LogP contribution in [0.25, 0.3) is 22.8 Å². The minimum absolute atomic E-state index is 0.0286. The molecule has 2 heterocycles. The summed E-state index contributed by atoms with van der Waals surface area (Å²) < 4.78 is 44.9. The van der Waals surface area contributed by atoms with E-state index < -0.39 is 6.36 Å². The standard InChI is InChI=1S/C35H35F3N6O2S/c1-21(2)31-22(3)6-5-7-30(31)44-23(4)19-47-34(44)41-33(45)40-27-13-12-26(18-27)24-8-10-25(11-9-24)32-39-20-43(42-32)28-14-16-29(17-15-28)46-35(36,37)38/h5-11,14-17,19-21,26-27H,12-13,18H2,1-4H3,(H,40,45). The van der Waals surface area contributed by atoms with Gasteiger partial charge in [-0.1, -0.05) is 50.2 Å². The Bertz CT molecular complexity index is 1940. The van der Waals surface area contributed by atoms with E-state index in [-0.39, 0.29) is 17.8 Å². The fraction of sp³-hybridized carbons (Fsp3) is 0.314. The first-order valence-electron chi connectivity index (χ1n) is 15.5. The molecule has 5 aromatic rings. The van der Waals surface area contributed by atoms with Crippen LogP contribution in [0.15, 0.2) is 83.4 Å². The number of carbonyl (C=O) groups excluding carboxylic acids is 1. The molecule has 0 aliphatic heterocycles. The van der Waals surface area contributed by atoms with Gasteiger partial charge in [0.2, 0.25) is 0 Å². The Morgan fingerprint density at radius 2 is 1.79 bits per heavy atom. The number of carbonyl (C=O) groups is 1. The van der Waals surface area contributed by atoms with Gasteiger partial charge < -0.3 is 10.1 Å². The lowest BCUT2D eigenvalue weighted by molar-refractivity contribution is -0.274. The molecule has 1 aliphatic rings. The lowest BCUT2D eigenvalue weighted by Gasteiger charge is -2.18. The van der Waals surface area contributed by atoms with Crippen molar-refractivity contribution in [2.45, 2.75) is 71.2 Å². The number of ether oxygens (including phenoxy) is 1. The molecule has 1 N–H and O–H groups in total. The summed E-state index contributed by atoms with van der Waals surface area (Å²) in [7, 11) is 0. The molecule has 2 aromatic heterocycles. The number of aromatic nitrogens is 4. The molecule has 3 aromatic carbocycles. The highest BCUT2D eigenvalue weighted by Crippen LogP contribution is 2.35. The molecule has 244 valence electrons. The number of nitrogens with zero attached hydrogens (tertiary/aromatic N) is 5. The number of alkyl halides is 3. The maximum Gasteiger partial charge on any atom is 0.573 e. The summed E-state index contributed by atoms with van der Waals surface area (Å²) in [5.74, 6) is 0.822. The second-order valence-corrected chi connectivity index (χ2v) is 12.9. The van der Waals surface area contributed by atoms with Crippen LogP contribution in [0.3, 0.4) is 0 Å². The van der Waals surface area contributed by atoms with Gasteiger partial charge >= 0.3 is 12.4 Å². The molecule has 2 amide bonds. The fourth-order valence-corrected chi connectivity index (χ4v) is 7.17. The van der Waals surface area contributed by atoms with Gasteiger partial charge in [-0.05, 0) is 92.0 Å². The van der Waals surface area contributed by atoms with Crippen LogP contribution < -0.4 is 14.9 Å². The molecule has 2 atom stereocenters. The molecule has 0 bridgehead atoms. The third kappa shape index (κ3) is 7.32. The zero-order chi connectivity index (χ0) is 33.3. The van der Waals surface area contributed by atoms with Crippen molar-refractivity contribution < 1.29 is 22.7 Å². The molecule has 47 heavy (non-hydrogen) atoms. The molecule has 0 spiro atoms. The van der Waals surface area contributed by atoms with Crippen molar-refractivity contribution in [3.63, 3.8) is 0 Å². The third-order valence-electron chi connectivity index (χ3n) is 8.42. The first kappa shape index (κ1) is 32.2. The lowest BCUT2D eigenvalue weighted by Crippen LogP contribution is -2.32. The van der Waals surface area contributed by atoms with Crippen LogP contribution in [-0.4, -0.2) is 37.8 Å². The number of halogens is 3. The lowest BCUT2D eigenvalue weighted by atomic mass is 9.96. The quantitative estimate of drug-likeness (QED) is 0.190. The maximum atomic E-state index is 13.1. The first-order valence-corrected chi connectivity index (χ1v) is 16.3. The van der Waals surface area contributed by atoms with Crippen LogP contribution in [0, 0.1) is 13.8 Å². The number of aryl methyl sites for hydroxylation is 2. The number of nitrogens with one attached hydrogen (secondary N) is 1. The second-order valence-electron chi connectivity index (χ2n) is 12.1. The third-order valence-corrected chi connectivity index (χ3v) is 9.37. The predicted molar refractivity (Wildman–Crippen MR) is 175 cm³/mol. The number of thiazole rings is 1. The van der Waals surface area contributed by atoms with Crippen LogP contribution in [0.4, 0.5) is 18.0 Å². The van der Waals surface area contributed by atoms with E-state index >= 15 is 0 Å². The number of hydrogen-bond acceptors (Lipinski definition) is 5. The minimum atomic E-state index is -4.75. The van der Waals surface area contributed by atoms with Gasteiger partial charge in [0.05, 0.1) is 11.4 Å². The summed E-state index contributed by atoms with van der Waals surface area (Å²) in [6, 6.07) is 19.4. The van der Waals surface area contributed by atoms with E-state index in [1.807, 2.05) is 30.5 Å². The number of hydrogen-bond donors (Lipinski definition) is 1. The average Bonchev–Trinajstić information content (AvgIpc) is 3.77. The SMILES string of the molecule is Cc1cccc(-n2c(C)csc2=NC(=O)NC2CCC(c3ccc(-c4ncn(-c5ccc(OC(F)(F)F)cc5)n4)cc3)C2)c1C(C)C. The molecule has 12 heteroatoms. The molecule has 0 saturated heterocycles. The van der Waals surface area contributed by atoms with E-state index in [9.17, 15) is 18.0 Å². The maximum absolute atomic E-state index is 13.1. The van der Waals surface area contributed by atoms with Crippen LogP contribution in [0.1, 0.15) is 67.3 Å². The van der Waals surface area contributed by atoms with E-state index in [0.717, 1.165) is 36.2 Å². The van der Waals surface area contributed by atoms with E-state index in [1.165, 1.54) is 63.3 Å². The molecule has 8 nitrogen and oxygen atoms in total. The van der Waals surface area contributed by atoms with Gasteiger partial charge in [-0.2, -0.15) is 4.99 Å². The summed E-state index contributed by atoms with van der Waals surface area (Å²) in [5.41, 5.74) is 7.11. The van der Waals surface area contributed by atoms with Crippen molar-refractivity contribution in [3.05, 3.63) is 106 Å². The van der Waals surface area contributed by atoms with E-state index in [4.69, 9.17) is 0 Å². The Labute approximate surface area is 274 Å². The Morgan fingerprint density at radius 3 is 2.49 bits per heavy atom. The topological polar surface area (TPSA) is 86.3 Å². The summed E-state index contributed by atoms with van der Waals surface area (Å²) in [5, 5.41) is 9.65. The van der Waals surface area contributed by atoms with Crippen molar-refractivity contribution in [1.82, 2.24) is 24.6 Å². The Morgan fingerprint density at radius 1 is 1.04 bits per heavy atom. The van der Waals surface area contributed by atoms with Gasteiger partial charge in [-0.3, -0.25) is 4.57 Å². The number of amides is 2. The monoisotopic (exact) mass is 660 g/mol. The highest BCUT2D eigenvalue weighted by atomic mass is 32.1. The smallest absolute Gasteiger partial charge is 0.406 e. The highest BCUT2D eigenvalue weighted by molar-refractivity contribution is 7.07. The van der Waals surface area contributed by atoms with Crippen molar-refractivity contribution in [1.29, 1.82) is 0 Å². The largest absolute Gasteiger partial charge is 0.573 e. The molecule has 0 radical (unpaired) electrons. The van der Waals surface area contributed by atoms with Gasteiger partial charge in [0.15, 0.2) is 10.6 Å². The first-order chi connectivity index (χ1) is 22.4. The van der Waals surface area contributed by atoms with Crippen molar-refractivity contribution in [2.24, 2.45) is 4.99 Å². The molecule has 2 unspecified atom stereocenters. The number of benzene rings is 3. The summed E-state index contributed by atoms with van der Waals surface area (Å²) >= 11 is 1.46. The predicted octanol–water partition coefficient (Wildman–Crippen LogP) is 8.37. The summed E-state index contributed by atoms with van der Waals surface area (Å²) in [4.78, 5) is 22.6. The second kappa shape index (κ2) is 13.2. The number of urea groups is 1. The summed E-state index contributed by atoms with van der Waals surface area (Å²) in [6.07, 6.45) is -0.595. The van der Waals surface area contributed by atoms with Crippen LogP contribution in [0.2, 0.25) is 0 Å². The molecular formula is C35H35F3N6O2S. The van der Waals surface area contributed by atoms with Gasteiger partial charge in [-0.25, -0.2) is 14.5 Å². The van der Waals surface area contributed by atoms with E-state index in [0.29, 0.717) is 28.1 Å². The highest BCUT2D eigenvalue weighted by Gasteiger charge is 2.31. The minimum Gasteiger partial charge on any atom is -0.406 e. The van der Waals surface area contributed by atoms with E-state index in [2.05, 4.69) is 74.7 Å². The Balaban J connectivity index is 1.09. The van der Waals surface area contributed by atoms with Crippen LogP contribution in [-0.2, 0) is 0 Å². The number of rotatable bonds is 7. The normalized spacial score (nSPS) is 17.0. The zero-order valence-electron chi connectivity index (χ0n) is 26.5. The van der Waals surface area contributed by atoms with Gasteiger partial charge in [0.1, 0.15) is 12.1 Å². The van der Waals surface area contributed by atoms with Crippen molar-refractivity contribution >= 4 is 17.4 Å². The van der Waals surface area contributed by atoms with Gasteiger partial charge in [0, 0.05) is 22.7 Å². The molecular weight excluding hydrogens is 625 g/mol. The Hall–Kier alpha value is -4.71. The fourth-order valence-electron chi connectivity index (χ4n) is 6.31. The van der Waals surface area contributed by atoms with Crippen molar-refractivity contribution in [2.75, 3.05) is 0 Å². The average molecular weight is 661 g/mol. The van der Waals surface area contributed by atoms with Gasteiger partial charge in [0.25, 0.3) is 0 Å². The summed E-state index contributed by atoms with van der Waals surface area (Å²) in [6.45, 7) is 8.51. The molecule has 1 fully saturated rings. The zero-order valence-corrected chi connectivity index (χ0v) is 27.3. The molecule has 6 rings (SSSR count). The van der Waals surface area contributed by atoms with Crippen molar-refractivity contribution in [3.8, 4) is 28.5 Å². The van der Waals surface area contributed by atoms with Crippen LogP contribution >= 0.6 is 11.3 Å². The van der Waals surface area contributed by atoms with Crippen LogP contribution in [0.5, 0.6) is 5.75 Å². The van der Waals surface area contributed by atoms with E-state index in [1.54, 1.807) is 0 Å². The molecule has 1 aliphatic carbocycles. The Kier molecular flexibility index (Phi) is 9.05. The molecule has 1 saturated carbocycles.